The molecule has 0 radical (unpaired) electrons. The quantitative estimate of drug-likeness (QED) is 0.250. The molecule has 142 valence electrons. The van der Waals surface area contributed by atoms with E-state index in [2.05, 4.69) is 11.8 Å². The van der Waals surface area contributed by atoms with Crippen molar-refractivity contribution in [1.82, 2.24) is 4.90 Å². The fourth-order valence-corrected chi connectivity index (χ4v) is 3.96. The minimum atomic E-state index is 0.213. The Balaban J connectivity index is 1.85. The molecule has 0 aromatic heterocycles. The molecule has 0 bridgehead atoms. The van der Waals surface area contributed by atoms with E-state index in [0.29, 0.717) is 0 Å². The molecule has 1 fully saturated rings. The summed E-state index contributed by atoms with van der Waals surface area (Å²) in [7, 11) is 0. The molecule has 0 aromatic rings. The fraction of sp³-hybridized carbons (Fsp3) is 0.955. The van der Waals surface area contributed by atoms with Crippen LogP contribution >= 0.6 is 0 Å². The maximum Gasteiger partial charge on any atom is 0.137 e. The molecule has 1 saturated heterocycles. The van der Waals surface area contributed by atoms with Gasteiger partial charge in [0.1, 0.15) is 6.29 Å². The van der Waals surface area contributed by atoms with Crippen molar-refractivity contribution < 1.29 is 4.79 Å². The average Bonchev–Trinajstić information content (AvgIpc) is 2.84. The molecule has 24 heavy (non-hydrogen) atoms. The first-order valence-electron chi connectivity index (χ1n) is 11.1. The largest absolute Gasteiger partial charge is 0.302 e. The van der Waals surface area contributed by atoms with Crippen LogP contribution in [-0.4, -0.2) is 30.3 Å². The first-order valence-corrected chi connectivity index (χ1v) is 11.1. The molecule has 0 saturated carbocycles. The zero-order chi connectivity index (χ0) is 17.3. The van der Waals surface area contributed by atoms with Crippen LogP contribution in [0.4, 0.5) is 0 Å². The normalized spacial score (nSPS) is 19.3. The smallest absolute Gasteiger partial charge is 0.137 e. The average molecular weight is 338 g/mol. The van der Waals surface area contributed by atoms with Gasteiger partial charge in [-0.05, 0) is 32.4 Å². The van der Waals surface area contributed by atoms with E-state index in [9.17, 15) is 4.79 Å². The van der Waals surface area contributed by atoms with E-state index in [-0.39, 0.29) is 6.04 Å². The Bertz CT molecular complexity index is 279. The highest BCUT2D eigenvalue weighted by Gasteiger charge is 2.19. The van der Waals surface area contributed by atoms with Gasteiger partial charge in [0.05, 0.1) is 6.04 Å². The van der Waals surface area contributed by atoms with Gasteiger partial charge in [0.25, 0.3) is 0 Å². The molecule has 2 nitrogen and oxygen atoms in total. The third-order valence-electron chi connectivity index (χ3n) is 5.62. The molecule has 0 aromatic carbocycles. The number of carbonyl (C=O) groups is 1. The van der Waals surface area contributed by atoms with Crippen molar-refractivity contribution in [2.24, 2.45) is 0 Å². The molecule has 1 rings (SSSR count). The molecule has 0 spiro atoms. The van der Waals surface area contributed by atoms with Gasteiger partial charge in [-0.2, -0.15) is 0 Å². The first-order chi connectivity index (χ1) is 11.9. The van der Waals surface area contributed by atoms with Crippen LogP contribution < -0.4 is 0 Å². The van der Waals surface area contributed by atoms with Gasteiger partial charge in [-0.1, -0.05) is 96.8 Å². The van der Waals surface area contributed by atoms with Crippen LogP contribution in [0.5, 0.6) is 0 Å². The van der Waals surface area contributed by atoms with Crippen LogP contribution in [0, 0.1) is 0 Å². The standard InChI is InChI=1S/C22H43NO/c1-2-3-4-5-6-7-8-9-10-11-12-13-16-19-23-20-17-14-15-18-22(23)21-24/h21-22H,2-20H2,1H3. The Hall–Kier alpha value is -0.370. The molecule has 1 heterocycles. The third-order valence-corrected chi connectivity index (χ3v) is 5.62. The molecule has 1 atom stereocenters. The summed E-state index contributed by atoms with van der Waals surface area (Å²) < 4.78 is 0. The maximum absolute atomic E-state index is 11.2. The lowest BCUT2D eigenvalue weighted by Crippen LogP contribution is -2.36. The minimum Gasteiger partial charge on any atom is -0.302 e. The summed E-state index contributed by atoms with van der Waals surface area (Å²) in [6, 6.07) is 0.213. The van der Waals surface area contributed by atoms with Gasteiger partial charge in [-0.15, -0.1) is 0 Å². The Morgan fingerprint density at radius 1 is 0.750 bits per heavy atom. The predicted octanol–water partition coefficient (Wildman–Crippen LogP) is 6.52. The lowest BCUT2D eigenvalue weighted by Gasteiger charge is -2.25. The van der Waals surface area contributed by atoms with E-state index in [1.807, 2.05) is 0 Å². The Morgan fingerprint density at radius 3 is 1.83 bits per heavy atom. The van der Waals surface area contributed by atoms with E-state index in [1.54, 1.807) is 0 Å². The first kappa shape index (κ1) is 21.7. The van der Waals surface area contributed by atoms with Crippen LogP contribution in [0.25, 0.3) is 0 Å². The highest BCUT2D eigenvalue weighted by molar-refractivity contribution is 5.57. The molecule has 1 unspecified atom stereocenters. The van der Waals surface area contributed by atoms with E-state index in [4.69, 9.17) is 0 Å². The van der Waals surface area contributed by atoms with Gasteiger partial charge in [-0.3, -0.25) is 4.90 Å². The van der Waals surface area contributed by atoms with Gasteiger partial charge in [0.2, 0.25) is 0 Å². The van der Waals surface area contributed by atoms with Gasteiger partial charge in [0, 0.05) is 0 Å². The number of hydrogen-bond acceptors (Lipinski definition) is 2. The van der Waals surface area contributed by atoms with E-state index >= 15 is 0 Å². The Morgan fingerprint density at radius 2 is 1.29 bits per heavy atom. The van der Waals surface area contributed by atoms with Gasteiger partial charge in [-0.25, -0.2) is 0 Å². The molecule has 0 amide bonds. The Labute approximate surface area is 151 Å². The van der Waals surface area contributed by atoms with Crippen molar-refractivity contribution in [2.75, 3.05) is 13.1 Å². The van der Waals surface area contributed by atoms with Crippen molar-refractivity contribution in [1.29, 1.82) is 0 Å². The van der Waals surface area contributed by atoms with E-state index in [1.165, 1.54) is 109 Å². The van der Waals surface area contributed by atoms with Crippen molar-refractivity contribution in [3.8, 4) is 0 Å². The van der Waals surface area contributed by atoms with Crippen LogP contribution in [0.1, 0.15) is 116 Å². The van der Waals surface area contributed by atoms with Crippen molar-refractivity contribution in [3.63, 3.8) is 0 Å². The predicted molar refractivity (Wildman–Crippen MR) is 106 cm³/mol. The van der Waals surface area contributed by atoms with Crippen LogP contribution in [-0.2, 0) is 4.79 Å². The summed E-state index contributed by atoms with van der Waals surface area (Å²) in [5, 5.41) is 0. The zero-order valence-corrected chi connectivity index (χ0v) is 16.4. The van der Waals surface area contributed by atoms with Gasteiger partial charge < -0.3 is 4.79 Å². The number of nitrogens with zero attached hydrogens (tertiary/aromatic N) is 1. The highest BCUT2D eigenvalue weighted by atomic mass is 16.1. The maximum atomic E-state index is 11.2. The van der Waals surface area contributed by atoms with Crippen molar-refractivity contribution >= 4 is 6.29 Å². The summed E-state index contributed by atoms with van der Waals surface area (Å²) in [6.45, 7) is 4.57. The summed E-state index contributed by atoms with van der Waals surface area (Å²) in [5.74, 6) is 0. The molecule has 1 aliphatic heterocycles. The van der Waals surface area contributed by atoms with Gasteiger partial charge >= 0.3 is 0 Å². The number of likely N-dealkylation sites (tertiary alicyclic amines) is 1. The number of aldehydes is 1. The zero-order valence-electron chi connectivity index (χ0n) is 16.4. The van der Waals surface area contributed by atoms with Crippen LogP contribution in [0.15, 0.2) is 0 Å². The SMILES string of the molecule is CCCCCCCCCCCCCCCN1CCCCCC1C=O. The summed E-state index contributed by atoms with van der Waals surface area (Å²) in [6.07, 6.45) is 24.4. The Kier molecular flexibility index (Phi) is 14.6. The van der Waals surface area contributed by atoms with Crippen molar-refractivity contribution in [3.05, 3.63) is 0 Å². The fourth-order valence-electron chi connectivity index (χ4n) is 3.96. The second-order valence-electron chi connectivity index (χ2n) is 7.83. The van der Waals surface area contributed by atoms with E-state index in [0.717, 1.165) is 19.5 Å². The van der Waals surface area contributed by atoms with Crippen LogP contribution in [0.2, 0.25) is 0 Å². The second-order valence-corrected chi connectivity index (χ2v) is 7.83. The molecular weight excluding hydrogens is 294 g/mol. The summed E-state index contributed by atoms with van der Waals surface area (Å²) in [5.41, 5.74) is 0. The molecular formula is C22H43NO. The lowest BCUT2D eigenvalue weighted by atomic mass is 10.0. The topological polar surface area (TPSA) is 20.3 Å². The third kappa shape index (κ3) is 11.2. The summed E-state index contributed by atoms with van der Waals surface area (Å²) >= 11 is 0. The van der Waals surface area contributed by atoms with Gasteiger partial charge in [0.15, 0.2) is 0 Å². The molecule has 1 aliphatic rings. The number of carbonyl (C=O) groups excluding carboxylic acids is 1. The second kappa shape index (κ2) is 16.1. The van der Waals surface area contributed by atoms with Crippen molar-refractivity contribution in [2.45, 2.75) is 122 Å². The molecule has 2 heteroatoms. The monoisotopic (exact) mass is 337 g/mol. The number of hydrogen-bond donors (Lipinski definition) is 0. The molecule has 0 aliphatic carbocycles. The number of rotatable bonds is 15. The van der Waals surface area contributed by atoms with E-state index < -0.39 is 0 Å². The highest BCUT2D eigenvalue weighted by Crippen LogP contribution is 2.17. The number of unbranched alkanes of at least 4 members (excludes halogenated alkanes) is 12. The molecule has 0 N–H and O–H groups in total. The summed E-state index contributed by atoms with van der Waals surface area (Å²) in [4.78, 5) is 13.7. The minimum absolute atomic E-state index is 0.213. The lowest BCUT2D eigenvalue weighted by molar-refractivity contribution is -0.112. The van der Waals surface area contributed by atoms with Crippen LogP contribution in [0.3, 0.4) is 0 Å².